The molecule has 0 aromatic heterocycles. The van der Waals surface area contributed by atoms with E-state index in [0.717, 1.165) is 0 Å². The highest BCUT2D eigenvalue weighted by Gasteiger charge is 2.21. The molecule has 94 valence electrons. The van der Waals surface area contributed by atoms with Crippen LogP contribution in [-0.2, 0) is 10.0 Å². The molecule has 17 heavy (non-hydrogen) atoms. The molecule has 0 aliphatic carbocycles. The number of sulfonamides is 1. The Kier molecular flexibility index (Phi) is 3.84. The van der Waals surface area contributed by atoms with Crippen molar-refractivity contribution in [2.45, 2.75) is 11.8 Å². The van der Waals surface area contributed by atoms with E-state index in [9.17, 15) is 13.2 Å². The first kappa shape index (κ1) is 13.6. The van der Waals surface area contributed by atoms with Crippen molar-refractivity contribution >= 4 is 33.3 Å². The quantitative estimate of drug-likeness (QED) is 0.698. The van der Waals surface area contributed by atoms with Crippen LogP contribution in [0.4, 0.5) is 10.5 Å². The van der Waals surface area contributed by atoms with Crippen LogP contribution >= 0.6 is 11.6 Å². The maximum Gasteiger partial charge on any atom is 0.328 e. The topological polar surface area (TPSA) is 101 Å². The molecule has 0 fully saturated rings. The number of nitrogens with one attached hydrogen (secondary N) is 2. The molecule has 1 rings (SSSR count). The van der Waals surface area contributed by atoms with E-state index in [1.807, 2.05) is 4.72 Å². The van der Waals surface area contributed by atoms with Gasteiger partial charge in [-0.15, -0.1) is 0 Å². The molecule has 2 amide bonds. The lowest BCUT2D eigenvalue weighted by Gasteiger charge is -2.11. The zero-order valence-electron chi connectivity index (χ0n) is 9.24. The third-order valence-corrected chi connectivity index (χ3v) is 3.78. The molecule has 6 nitrogen and oxygen atoms in total. The van der Waals surface area contributed by atoms with Crippen LogP contribution in [-0.4, -0.2) is 21.5 Å². The standard InChI is InChI=1S/C9H12ClN3O3S/c1-5-7(11)3-6(10)4-8(5)17(15,16)13-9(14)12-2/h3-4H,11H2,1-2H3,(H2,12,13,14). The van der Waals surface area contributed by atoms with Gasteiger partial charge < -0.3 is 11.1 Å². The van der Waals surface area contributed by atoms with Crippen molar-refractivity contribution in [1.82, 2.24) is 10.0 Å². The average molecular weight is 278 g/mol. The molecule has 4 N–H and O–H groups in total. The van der Waals surface area contributed by atoms with Crippen LogP contribution in [0, 0.1) is 6.92 Å². The van der Waals surface area contributed by atoms with Crippen LogP contribution in [0.15, 0.2) is 17.0 Å². The van der Waals surface area contributed by atoms with Gasteiger partial charge in [-0.05, 0) is 24.6 Å². The van der Waals surface area contributed by atoms with Gasteiger partial charge in [0.05, 0.1) is 4.90 Å². The first-order chi connectivity index (χ1) is 7.77. The third kappa shape index (κ3) is 3.01. The van der Waals surface area contributed by atoms with Gasteiger partial charge in [-0.1, -0.05) is 11.6 Å². The van der Waals surface area contributed by atoms with Crippen LogP contribution in [0.3, 0.4) is 0 Å². The molecule has 0 aliphatic rings. The SMILES string of the molecule is CNC(=O)NS(=O)(=O)c1cc(Cl)cc(N)c1C. The number of carbonyl (C=O) groups excluding carboxylic acids is 1. The fourth-order valence-electron chi connectivity index (χ4n) is 1.18. The Morgan fingerprint density at radius 1 is 1.41 bits per heavy atom. The Morgan fingerprint density at radius 3 is 2.53 bits per heavy atom. The van der Waals surface area contributed by atoms with Gasteiger partial charge in [-0.2, -0.15) is 0 Å². The Labute approximate surface area is 104 Å². The molecule has 0 bridgehead atoms. The lowest BCUT2D eigenvalue weighted by Crippen LogP contribution is -2.37. The molecule has 0 saturated carbocycles. The van der Waals surface area contributed by atoms with E-state index in [2.05, 4.69) is 5.32 Å². The molecular formula is C9H12ClN3O3S. The van der Waals surface area contributed by atoms with Gasteiger partial charge in [0.25, 0.3) is 10.0 Å². The average Bonchev–Trinajstić information content (AvgIpc) is 2.22. The fraction of sp³-hybridized carbons (Fsp3) is 0.222. The molecule has 0 spiro atoms. The second-order valence-electron chi connectivity index (χ2n) is 3.30. The Morgan fingerprint density at radius 2 is 2.00 bits per heavy atom. The summed E-state index contributed by atoms with van der Waals surface area (Å²) in [6.45, 7) is 1.53. The summed E-state index contributed by atoms with van der Waals surface area (Å²) < 4.78 is 25.5. The van der Waals surface area contributed by atoms with Gasteiger partial charge in [0.15, 0.2) is 0 Å². The highest BCUT2D eigenvalue weighted by atomic mass is 35.5. The molecule has 0 heterocycles. The summed E-state index contributed by atoms with van der Waals surface area (Å²) in [5.41, 5.74) is 6.19. The lowest BCUT2D eigenvalue weighted by atomic mass is 10.2. The summed E-state index contributed by atoms with van der Waals surface area (Å²) in [7, 11) is -2.66. The number of urea groups is 1. The highest BCUT2D eigenvalue weighted by molar-refractivity contribution is 7.90. The normalized spacial score (nSPS) is 11.0. The minimum Gasteiger partial charge on any atom is -0.398 e. The summed E-state index contributed by atoms with van der Waals surface area (Å²) in [5.74, 6) is 0. The van der Waals surface area contributed by atoms with Crippen molar-refractivity contribution in [3.05, 3.63) is 22.7 Å². The lowest BCUT2D eigenvalue weighted by molar-refractivity contribution is 0.248. The Hall–Kier alpha value is -1.47. The number of benzene rings is 1. The number of amides is 2. The first-order valence-corrected chi connectivity index (χ1v) is 6.44. The first-order valence-electron chi connectivity index (χ1n) is 4.58. The smallest absolute Gasteiger partial charge is 0.328 e. The molecule has 0 saturated heterocycles. The second-order valence-corrected chi connectivity index (χ2v) is 5.39. The van der Waals surface area contributed by atoms with E-state index in [-0.39, 0.29) is 15.6 Å². The number of halogens is 1. The van der Waals surface area contributed by atoms with Gasteiger partial charge in [0.1, 0.15) is 0 Å². The second kappa shape index (κ2) is 4.80. The molecule has 1 aromatic carbocycles. The molecule has 0 aliphatic heterocycles. The minimum atomic E-state index is -3.97. The maximum absolute atomic E-state index is 11.8. The van der Waals surface area contributed by atoms with Crippen LogP contribution in [0.25, 0.3) is 0 Å². The summed E-state index contributed by atoms with van der Waals surface area (Å²) in [5, 5.41) is 2.33. The largest absolute Gasteiger partial charge is 0.398 e. The van der Waals surface area contributed by atoms with Crippen molar-refractivity contribution < 1.29 is 13.2 Å². The number of nitrogens with two attached hydrogens (primary N) is 1. The number of hydrogen-bond acceptors (Lipinski definition) is 4. The van der Waals surface area contributed by atoms with Crippen LogP contribution < -0.4 is 15.8 Å². The van der Waals surface area contributed by atoms with Crippen LogP contribution in [0.5, 0.6) is 0 Å². The van der Waals surface area contributed by atoms with Crippen molar-refractivity contribution in [2.75, 3.05) is 12.8 Å². The number of carbonyl (C=O) groups is 1. The summed E-state index contributed by atoms with van der Waals surface area (Å²) in [4.78, 5) is 10.9. The van der Waals surface area contributed by atoms with Crippen LogP contribution in [0.1, 0.15) is 5.56 Å². The highest BCUT2D eigenvalue weighted by Crippen LogP contribution is 2.25. The molecule has 0 unspecified atom stereocenters. The fourth-order valence-corrected chi connectivity index (χ4v) is 2.73. The van der Waals surface area contributed by atoms with E-state index in [0.29, 0.717) is 5.56 Å². The molecule has 8 heteroatoms. The van der Waals surface area contributed by atoms with Crippen LogP contribution in [0.2, 0.25) is 5.02 Å². The summed E-state index contributed by atoms with van der Waals surface area (Å²) >= 11 is 5.73. The molecule has 0 radical (unpaired) electrons. The van der Waals surface area contributed by atoms with E-state index >= 15 is 0 Å². The predicted octanol–water partition coefficient (Wildman–Crippen LogP) is 0.848. The monoisotopic (exact) mass is 277 g/mol. The zero-order valence-corrected chi connectivity index (χ0v) is 10.8. The van der Waals surface area contributed by atoms with Crippen molar-refractivity contribution in [3.63, 3.8) is 0 Å². The van der Waals surface area contributed by atoms with Gasteiger partial charge in [-0.25, -0.2) is 17.9 Å². The Bertz CT molecular complexity index is 557. The molecule has 1 aromatic rings. The zero-order chi connectivity index (χ0) is 13.2. The predicted molar refractivity (Wildman–Crippen MR) is 65.4 cm³/mol. The van der Waals surface area contributed by atoms with E-state index in [1.165, 1.54) is 26.1 Å². The third-order valence-electron chi connectivity index (χ3n) is 2.11. The summed E-state index contributed by atoms with van der Waals surface area (Å²) in [6.07, 6.45) is 0. The van der Waals surface area contributed by atoms with Gasteiger partial charge in [-0.3, -0.25) is 0 Å². The van der Waals surface area contributed by atoms with E-state index in [1.54, 1.807) is 0 Å². The van der Waals surface area contributed by atoms with Gasteiger partial charge in [0, 0.05) is 17.8 Å². The minimum absolute atomic E-state index is 0.119. The maximum atomic E-state index is 11.8. The molecular weight excluding hydrogens is 266 g/mol. The number of hydrogen-bond donors (Lipinski definition) is 3. The number of rotatable bonds is 2. The molecule has 0 atom stereocenters. The number of nitrogen functional groups attached to an aromatic ring is 1. The van der Waals surface area contributed by atoms with E-state index in [4.69, 9.17) is 17.3 Å². The van der Waals surface area contributed by atoms with Crippen molar-refractivity contribution in [3.8, 4) is 0 Å². The van der Waals surface area contributed by atoms with Gasteiger partial charge >= 0.3 is 6.03 Å². The van der Waals surface area contributed by atoms with E-state index < -0.39 is 16.1 Å². The van der Waals surface area contributed by atoms with Crippen molar-refractivity contribution in [2.24, 2.45) is 0 Å². The number of anilines is 1. The summed E-state index contributed by atoms with van der Waals surface area (Å²) in [6, 6.07) is 1.84. The van der Waals surface area contributed by atoms with Gasteiger partial charge in [0.2, 0.25) is 0 Å². The van der Waals surface area contributed by atoms with Crippen molar-refractivity contribution in [1.29, 1.82) is 0 Å². The Balaban J connectivity index is 3.29.